The van der Waals surface area contributed by atoms with Gasteiger partial charge in [0.25, 0.3) is 0 Å². The second-order valence-electron chi connectivity index (χ2n) is 2.54. The van der Waals surface area contributed by atoms with Crippen LogP contribution in [-0.2, 0) is 0 Å². The number of rotatable bonds is 4. The lowest BCUT2D eigenvalue weighted by Crippen LogP contribution is -1.90. The lowest BCUT2D eigenvalue weighted by Gasteiger charge is -1.97. The van der Waals surface area contributed by atoms with E-state index in [1.165, 1.54) is 6.42 Å². The average molecular weight is 193 g/mol. The highest BCUT2D eigenvalue weighted by molar-refractivity contribution is 7.99. The Hall–Kier alpha value is -1.08. The van der Waals surface area contributed by atoms with Gasteiger partial charge < -0.3 is 0 Å². The fourth-order valence-electron chi connectivity index (χ4n) is 0.780. The molecule has 0 bridgehead atoms. The maximum Gasteiger partial charge on any atom is 0.188 e. The SMILES string of the molecule is CCCCSc1nccc(C#N)n1. The Bertz CT molecular complexity index is 306. The van der Waals surface area contributed by atoms with Gasteiger partial charge in [0, 0.05) is 11.9 Å². The molecule has 0 amide bonds. The Morgan fingerprint density at radius 1 is 1.62 bits per heavy atom. The Kier molecular flexibility index (Phi) is 4.27. The van der Waals surface area contributed by atoms with E-state index in [1.807, 2.05) is 6.07 Å². The minimum atomic E-state index is 0.439. The molecule has 1 aromatic rings. The van der Waals surface area contributed by atoms with E-state index in [2.05, 4.69) is 16.9 Å². The molecule has 0 fully saturated rings. The van der Waals surface area contributed by atoms with E-state index >= 15 is 0 Å². The van der Waals surface area contributed by atoms with Crippen molar-refractivity contribution in [3.8, 4) is 6.07 Å². The molecule has 0 atom stereocenters. The van der Waals surface area contributed by atoms with Crippen LogP contribution in [0.2, 0.25) is 0 Å². The van der Waals surface area contributed by atoms with Crippen molar-refractivity contribution in [3.63, 3.8) is 0 Å². The quantitative estimate of drug-likeness (QED) is 0.418. The molecule has 13 heavy (non-hydrogen) atoms. The van der Waals surface area contributed by atoms with Crippen LogP contribution in [0.4, 0.5) is 0 Å². The van der Waals surface area contributed by atoms with Gasteiger partial charge in [0.1, 0.15) is 11.8 Å². The van der Waals surface area contributed by atoms with Gasteiger partial charge in [-0.3, -0.25) is 0 Å². The summed E-state index contributed by atoms with van der Waals surface area (Å²) >= 11 is 1.60. The van der Waals surface area contributed by atoms with Crippen molar-refractivity contribution in [1.29, 1.82) is 5.26 Å². The summed E-state index contributed by atoms with van der Waals surface area (Å²) in [7, 11) is 0. The van der Waals surface area contributed by atoms with Gasteiger partial charge in [-0.15, -0.1) is 0 Å². The zero-order valence-electron chi connectivity index (χ0n) is 7.53. The molecule has 3 nitrogen and oxygen atoms in total. The largest absolute Gasteiger partial charge is 0.231 e. The summed E-state index contributed by atoms with van der Waals surface area (Å²) in [5.74, 6) is 1.02. The molecule has 1 aromatic heterocycles. The standard InChI is InChI=1S/C9H11N3S/c1-2-3-6-13-9-11-5-4-8(7-10)12-9/h4-5H,2-3,6H2,1H3. The van der Waals surface area contributed by atoms with Crippen molar-refractivity contribution in [2.75, 3.05) is 5.75 Å². The number of thioether (sulfide) groups is 1. The van der Waals surface area contributed by atoms with Crippen LogP contribution in [0.25, 0.3) is 0 Å². The highest BCUT2D eigenvalue weighted by Gasteiger charge is 1.98. The maximum atomic E-state index is 8.58. The van der Waals surface area contributed by atoms with Crippen LogP contribution in [0, 0.1) is 11.3 Å². The molecular formula is C9H11N3S. The van der Waals surface area contributed by atoms with Crippen LogP contribution in [0.1, 0.15) is 25.5 Å². The second kappa shape index (κ2) is 5.55. The third kappa shape index (κ3) is 3.43. The molecule has 0 N–H and O–H groups in total. The van der Waals surface area contributed by atoms with Gasteiger partial charge >= 0.3 is 0 Å². The van der Waals surface area contributed by atoms with Crippen LogP contribution in [0.5, 0.6) is 0 Å². The first-order chi connectivity index (χ1) is 6.36. The Morgan fingerprint density at radius 2 is 2.46 bits per heavy atom. The molecule has 0 aliphatic rings. The molecule has 0 aliphatic heterocycles. The van der Waals surface area contributed by atoms with E-state index < -0.39 is 0 Å². The number of unbranched alkanes of at least 4 members (excludes halogenated alkanes) is 1. The fraction of sp³-hybridized carbons (Fsp3) is 0.444. The summed E-state index contributed by atoms with van der Waals surface area (Å²) in [6, 6.07) is 3.61. The minimum absolute atomic E-state index is 0.439. The zero-order chi connectivity index (χ0) is 9.52. The normalized spacial score (nSPS) is 9.54. The van der Waals surface area contributed by atoms with Crippen molar-refractivity contribution >= 4 is 11.8 Å². The van der Waals surface area contributed by atoms with Gasteiger partial charge in [0.15, 0.2) is 5.16 Å². The monoisotopic (exact) mass is 193 g/mol. The summed E-state index contributed by atoms with van der Waals surface area (Å²) in [5.41, 5.74) is 0.439. The first-order valence-corrected chi connectivity index (χ1v) is 5.21. The highest BCUT2D eigenvalue weighted by atomic mass is 32.2. The average Bonchev–Trinajstić information content (AvgIpc) is 2.19. The van der Waals surface area contributed by atoms with Crippen LogP contribution < -0.4 is 0 Å². The summed E-state index contributed by atoms with van der Waals surface area (Å²) in [5, 5.41) is 9.29. The molecule has 0 spiro atoms. The Labute approximate surface area is 82.2 Å². The fourth-order valence-corrected chi connectivity index (χ4v) is 1.69. The van der Waals surface area contributed by atoms with Crippen molar-refractivity contribution in [2.45, 2.75) is 24.9 Å². The number of hydrogen-bond acceptors (Lipinski definition) is 4. The third-order valence-electron chi connectivity index (χ3n) is 1.48. The Balaban J connectivity index is 2.52. The second-order valence-corrected chi connectivity index (χ2v) is 3.60. The van der Waals surface area contributed by atoms with E-state index in [4.69, 9.17) is 5.26 Å². The molecule has 68 valence electrons. The van der Waals surface area contributed by atoms with Crippen molar-refractivity contribution in [3.05, 3.63) is 18.0 Å². The lowest BCUT2D eigenvalue weighted by molar-refractivity contribution is 0.886. The molecule has 0 aliphatic carbocycles. The first-order valence-electron chi connectivity index (χ1n) is 4.22. The van der Waals surface area contributed by atoms with Crippen molar-refractivity contribution in [1.82, 2.24) is 9.97 Å². The van der Waals surface area contributed by atoms with E-state index in [0.29, 0.717) is 10.9 Å². The molecular weight excluding hydrogens is 182 g/mol. The minimum Gasteiger partial charge on any atom is -0.231 e. The smallest absolute Gasteiger partial charge is 0.188 e. The van der Waals surface area contributed by atoms with Gasteiger partial charge in [-0.05, 0) is 12.5 Å². The molecule has 1 heterocycles. The molecule has 0 radical (unpaired) electrons. The van der Waals surface area contributed by atoms with Crippen LogP contribution in [0.3, 0.4) is 0 Å². The predicted octanol–water partition coefficient (Wildman–Crippen LogP) is 2.24. The van der Waals surface area contributed by atoms with E-state index in [0.717, 1.165) is 12.2 Å². The summed E-state index contributed by atoms with van der Waals surface area (Å²) in [6.07, 6.45) is 3.95. The van der Waals surface area contributed by atoms with E-state index in [9.17, 15) is 0 Å². The van der Waals surface area contributed by atoms with Gasteiger partial charge in [0.2, 0.25) is 0 Å². The van der Waals surface area contributed by atoms with E-state index in [-0.39, 0.29) is 0 Å². The number of nitriles is 1. The van der Waals surface area contributed by atoms with E-state index in [1.54, 1.807) is 24.0 Å². The lowest BCUT2D eigenvalue weighted by atomic mass is 10.4. The van der Waals surface area contributed by atoms with Crippen LogP contribution in [0.15, 0.2) is 17.4 Å². The van der Waals surface area contributed by atoms with Crippen molar-refractivity contribution < 1.29 is 0 Å². The first kappa shape index (κ1) is 10.0. The highest BCUT2D eigenvalue weighted by Crippen LogP contribution is 2.13. The molecule has 0 saturated heterocycles. The van der Waals surface area contributed by atoms with Gasteiger partial charge in [-0.2, -0.15) is 5.26 Å². The summed E-state index contributed by atoms with van der Waals surface area (Å²) in [4.78, 5) is 8.11. The van der Waals surface area contributed by atoms with Gasteiger partial charge in [-0.1, -0.05) is 25.1 Å². The number of aromatic nitrogens is 2. The van der Waals surface area contributed by atoms with Crippen LogP contribution in [-0.4, -0.2) is 15.7 Å². The maximum absolute atomic E-state index is 8.58. The Morgan fingerprint density at radius 3 is 3.15 bits per heavy atom. The summed E-state index contributed by atoms with van der Waals surface area (Å²) < 4.78 is 0. The molecule has 1 rings (SSSR count). The van der Waals surface area contributed by atoms with Crippen LogP contribution >= 0.6 is 11.8 Å². The topological polar surface area (TPSA) is 49.6 Å². The van der Waals surface area contributed by atoms with Gasteiger partial charge in [-0.25, -0.2) is 9.97 Å². The molecule has 0 saturated carbocycles. The molecule has 0 aromatic carbocycles. The molecule has 0 unspecified atom stereocenters. The van der Waals surface area contributed by atoms with Crippen molar-refractivity contribution in [2.24, 2.45) is 0 Å². The van der Waals surface area contributed by atoms with Gasteiger partial charge in [0.05, 0.1) is 0 Å². The third-order valence-corrected chi connectivity index (χ3v) is 2.42. The zero-order valence-corrected chi connectivity index (χ0v) is 8.34. The number of hydrogen-bond donors (Lipinski definition) is 0. The summed E-state index contributed by atoms with van der Waals surface area (Å²) in [6.45, 7) is 2.15. The predicted molar refractivity (Wildman–Crippen MR) is 52.4 cm³/mol. The molecule has 4 heteroatoms. The number of nitrogens with zero attached hydrogens (tertiary/aromatic N) is 3.